The summed E-state index contributed by atoms with van der Waals surface area (Å²) >= 11 is 0. The summed E-state index contributed by atoms with van der Waals surface area (Å²) in [4.78, 5) is 12.9. The summed E-state index contributed by atoms with van der Waals surface area (Å²) in [6.45, 7) is 7.49. The molecule has 0 fully saturated rings. The summed E-state index contributed by atoms with van der Waals surface area (Å²) in [5, 5.41) is 8.10. The Bertz CT molecular complexity index is 168. The maximum Gasteiger partial charge on any atom is 0.262 e. The van der Waals surface area contributed by atoms with E-state index < -0.39 is 5.78 Å². The van der Waals surface area contributed by atoms with Crippen molar-refractivity contribution >= 4 is 5.78 Å². The van der Waals surface area contributed by atoms with Gasteiger partial charge in [0.05, 0.1) is 12.8 Å². The van der Waals surface area contributed by atoms with E-state index >= 15 is 0 Å². The molecule has 0 aliphatic heterocycles. The van der Waals surface area contributed by atoms with E-state index in [9.17, 15) is 4.79 Å². The van der Waals surface area contributed by atoms with E-state index in [0.717, 1.165) is 0 Å². The smallest absolute Gasteiger partial charge is 0.262 e. The third-order valence-electron chi connectivity index (χ3n) is 0.603. The van der Waals surface area contributed by atoms with Crippen LogP contribution in [0.3, 0.4) is 0 Å². The molecule has 0 heterocycles. The van der Waals surface area contributed by atoms with Crippen molar-refractivity contribution in [3.8, 4) is 0 Å². The van der Waals surface area contributed by atoms with E-state index in [2.05, 4.69) is 4.85 Å². The minimum absolute atomic E-state index is 0. The first kappa shape index (κ1) is 11.1. The van der Waals surface area contributed by atoms with Crippen LogP contribution in [0, 0.1) is 6.57 Å². The number of Topliss-reactive ketones (excluding diaryl/α,β-unsaturated/α-hetero) is 1. The van der Waals surface area contributed by atoms with Crippen LogP contribution in [-0.2, 0) is 21.9 Å². The van der Waals surface area contributed by atoms with E-state index in [0.29, 0.717) is 6.26 Å². The van der Waals surface area contributed by atoms with E-state index in [1.165, 1.54) is 6.92 Å². The summed E-state index contributed by atoms with van der Waals surface area (Å²) in [6.07, 6.45) is 0.509. The number of ketones is 1. The molecular weight excluding hydrogens is 170 g/mol. The fourth-order valence-electron chi connectivity index (χ4n) is 0.198. The Labute approximate surface area is 63.7 Å². The molecule has 0 amide bonds. The quantitative estimate of drug-likeness (QED) is 0.278. The molecule has 0 aromatic rings. The zero-order valence-corrected chi connectivity index (χ0v) is 5.62. The van der Waals surface area contributed by atoms with Crippen LogP contribution in [0.4, 0.5) is 0 Å². The van der Waals surface area contributed by atoms with Crippen molar-refractivity contribution in [2.24, 2.45) is 0 Å². The van der Waals surface area contributed by atoms with Crippen LogP contribution in [0.1, 0.15) is 6.92 Å². The molecule has 0 aliphatic rings. The van der Waals surface area contributed by atoms with Gasteiger partial charge in [0.2, 0.25) is 0 Å². The van der Waals surface area contributed by atoms with Gasteiger partial charge in [-0.25, -0.2) is 4.85 Å². The number of allylic oxidation sites excluding steroid dienone is 1. The number of hydrogen-bond acceptors (Lipinski definition) is 2. The van der Waals surface area contributed by atoms with Crippen molar-refractivity contribution in [1.29, 1.82) is 0 Å². The summed E-state index contributed by atoms with van der Waals surface area (Å²) < 4.78 is 0. The van der Waals surface area contributed by atoms with Crippen molar-refractivity contribution < 1.29 is 27.0 Å². The van der Waals surface area contributed by atoms with Gasteiger partial charge in [-0.2, -0.15) is 0 Å². The van der Waals surface area contributed by atoms with Gasteiger partial charge in [0.25, 0.3) is 5.70 Å². The molecular formula is C5H5CuNO2. The Morgan fingerprint density at radius 2 is 2.22 bits per heavy atom. The largest absolute Gasteiger partial charge is 0.526 e. The Morgan fingerprint density at radius 1 is 1.78 bits per heavy atom. The number of rotatable bonds is 1. The molecule has 1 N–H and O–H groups in total. The zero-order chi connectivity index (χ0) is 6.57. The Kier molecular flexibility index (Phi) is 6.59. The van der Waals surface area contributed by atoms with Crippen molar-refractivity contribution in [3.63, 3.8) is 0 Å². The molecule has 3 nitrogen and oxygen atoms in total. The minimum Gasteiger partial charge on any atom is -0.526 e. The van der Waals surface area contributed by atoms with E-state index in [-0.39, 0.29) is 22.8 Å². The van der Waals surface area contributed by atoms with Crippen LogP contribution in [0.5, 0.6) is 0 Å². The summed E-state index contributed by atoms with van der Waals surface area (Å²) in [5.41, 5.74) is -0.231. The van der Waals surface area contributed by atoms with Crippen LogP contribution in [-0.4, -0.2) is 10.9 Å². The number of hydrogen-bond donors (Lipinski definition) is 1. The molecule has 0 aromatic heterocycles. The van der Waals surface area contributed by atoms with Gasteiger partial charge in [-0.05, 0) is 6.92 Å². The first-order valence-electron chi connectivity index (χ1n) is 1.95. The Balaban J connectivity index is 0. The topological polar surface area (TPSA) is 41.7 Å². The molecule has 0 spiro atoms. The minimum atomic E-state index is -0.414. The standard InChI is InChI=1S/C5H5NO2.Cu/c1-4(8)5(3-7)6-2;/h3,7H,1H3;/b5-3+;. The maximum atomic E-state index is 10.2. The third kappa shape index (κ3) is 3.77. The molecule has 53 valence electrons. The van der Waals surface area contributed by atoms with Crippen molar-refractivity contribution in [1.82, 2.24) is 0 Å². The molecule has 0 aliphatic carbocycles. The normalized spacial score (nSPS) is 9.11. The second-order valence-corrected chi connectivity index (χ2v) is 1.18. The Hall–Kier alpha value is -0.781. The molecule has 0 aromatic carbocycles. The van der Waals surface area contributed by atoms with Gasteiger partial charge in [0.15, 0.2) is 5.78 Å². The zero-order valence-electron chi connectivity index (χ0n) is 4.68. The molecule has 0 saturated heterocycles. The fraction of sp³-hybridized carbons (Fsp3) is 0.200. The Morgan fingerprint density at radius 3 is 2.22 bits per heavy atom. The third-order valence-corrected chi connectivity index (χ3v) is 0.603. The fourth-order valence-corrected chi connectivity index (χ4v) is 0.198. The number of aliphatic hydroxyl groups is 1. The first-order chi connectivity index (χ1) is 3.72. The van der Waals surface area contributed by atoms with Gasteiger partial charge in [-0.1, -0.05) is 0 Å². The van der Waals surface area contributed by atoms with Gasteiger partial charge < -0.3 is 9.90 Å². The van der Waals surface area contributed by atoms with Crippen molar-refractivity contribution in [3.05, 3.63) is 23.4 Å². The second-order valence-electron chi connectivity index (χ2n) is 1.18. The molecule has 0 atom stereocenters. The summed E-state index contributed by atoms with van der Waals surface area (Å²) in [7, 11) is 0. The van der Waals surface area contributed by atoms with Gasteiger partial charge in [0.1, 0.15) is 0 Å². The van der Waals surface area contributed by atoms with Gasteiger partial charge in [-0.15, -0.1) is 0 Å². The van der Waals surface area contributed by atoms with E-state index in [1.54, 1.807) is 0 Å². The first-order valence-corrected chi connectivity index (χ1v) is 1.95. The number of carbonyl (C=O) groups is 1. The van der Waals surface area contributed by atoms with Crippen LogP contribution in [0.25, 0.3) is 4.85 Å². The molecule has 0 bridgehead atoms. The second kappa shape index (κ2) is 5.36. The molecule has 1 radical (unpaired) electrons. The van der Waals surface area contributed by atoms with Gasteiger partial charge >= 0.3 is 0 Å². The molecule has 4 heteroatoms. The molecule has 0 unspecified atom stereocenters. The average molecular weight is 175 g/mol. The summed E-state index contributed by atoms with van der Waals surface area (Å²) in [5.74, 6) is -0.414. The van der Waals surface area contributed by atoms with Crippen molar-refractivity contribution in [2.75, 3.05) is 0 Å². The van der Waals surface area contributed by atoms with Crippen LogP contribution >= 0.6 is 0 Å². The number of nitrogens with zero attached hydrogens (tertiary/aromatic N) is 1. The predicted octanol–water partition coefficient (Wildman–Crippen LogP) is 0.892. The maximum absolute atomic E-state index is 10.2. The average Bonchev–Trinajstić information content (AvgIpc) is 1.69. The number of aliphatic hydroxyl groups excluding tert-OH is 1. The van der Waals surface area contributed by atoms with E-state index in [4.69, 9.17) is 11.7 Å². The number of carbonyl (C=O) groups excluding carboxylic acids is 1. The molecule has 0 rings (SSSR count). The monoisotopic (exact) mass is 174 g/mol. The van der Waals surface area contributed by atoms with Crippen LogP contribution in [0.15, 0.2) is 12.0 Å². The van der Waals surface area contributed by atoms with Gasteiger partial charge in [-0.3, -0.25) is 0 Å². The SMILES string of the molecule is [C-]#[N+]/C(=C/O)C(C)=O.[Cu]. The van der Waals surface area contributed by atoms with Gasteiger partial charge in [0, 0.05) is 17.1 Å². The predicted molar refractivity (Wildman–Crippen MR) is 28.0 cm³/mol. The van der Waals surface area contributed by atoms with Crippen LogP contribution < -0.4 is 0 Å². The van der Waals surface area contributed by atoms with Crippen LogP contribution in [0.2, 0.25) is 0 Å². The van der Waals surface area contributed by atoms with E-state index in [1.807, 2.05) is 0 Å². The summed E-state index contributed by atoms with van der Waals surface area (Å²) in [6, 6.07) is 0. The van der Waals surface area contributed by atoms with Crippen molar-refractivity contribution in [2.45, 2.75) is 6.92 Å². The molecule has 0 saturated carbocycles. The molecule has 9 heavy (non-hydrogen) atoms.